The number of rotatable bonds is 6. The molecular weight excluding hydrogens is 206 g/mol. The number of nitrogens with zero attached hydrogens (tertiary/aromatic N) is 2. The Morgan fingerprint density at radius 1 is 1.75 bits per heavy atom. The van der Waals surface area contributed by atoms with Crippen LogP contribution in [0.3, 0.4) is 0 Å². The van der Waals surface area contributed by atoms with Crippen LogP contribution in [0.5, 0.6) is 0 Å². The molecule has 5 heteroatoms. The lowest BCUT2D eigenvalue weighted by Crippen LogP contribution is -2.29. The number of hydrogen-bond donors (Lipinski definition) is 1. The van der Waals surface area contributed by atoms with Crippen LogP contribution in [0.4, 0.5) is 0 Å². The Bertz CT molecular complexity index is 371. The number of ether oxygens (including phenoxy) is 1. The van der Waals surface area contributed by atoms with Gasteiger partial charge in [-0.15, -0.1) is 6.58 Å². The number of hydrogen-bond acceptors (Lipinski definition) is 3. The van der Waals surface area contributed by atoms with Crippen molar-refractivity contribution in [2.75, 3.05) is 20.3 Å². The van der Waals surface area contributed by atoms with Crippen LogP contribution in [0, 0.1) is 0 Å². The van der Waals surface area contributed by atoms with E-state index in [9.17, 15) is 4.79 Å². The lowest BCUT2D eigenvalue weighted by atomic mass is 10.1. The Kier molecular flexibility index (Phi) is 4.72. The first-order valence-corrected chi connectivity index (χ1v) is 5.09. The minimum absolute atomic E-state index is 0.131. The van der Waals surface area contributed by atoms with Crippen molar-refractivity contribution in [3.05, 3.63) is 30.1 Å². The van der Waals surface area contributed by atoms with Gasteiger partial charge in [-0.05, 0) is 6.42 Å². The Hall–Kier alpha value is -1.62. The molecule has 88 valence electrons. The average molecular weight is 223 g/mol. The molecule has 0 spiro atoms. The molecule has 0 saturated carbocycles. The highest BCUT2D eigenvalue weighted by Crippen LogP contribution is 2.08. The first-order chi connectivity index (χ1) is 7.70. The van der Waals surface area contributed by atoms with Crippen LogP contribution in [-0.4, -0.2) is 35.9 Å². The fraction of sp³-hybridized carbons (Fsp3) is 0.455. The number of methoxy groups -OCH3 is 1. The number of aromatic nitrogens is 2. The highest BCUT2D eigenvalue weighted by molar-refractivity contribution is 5.94. The van der Waals surface area contributed by atoms with Crippen LogP contribution < -0.4 is 5.32 Å². The summed E-state index contributed by atoms with van der Waals surface area (Å²) in [5.74, 6) is -0.131. The van der Waals surface area contributed by atoms with Crippen molar-refractivity contribution in [2.45, 2.75) is 6.42 Å². The van der Waals surface area contributed by atoms with Crippen LogP contribution in [0.15, 0.2) is 18.9 Å². The smallest absolute Gasteiger partial charge is 0.269 e. The Labute approximate surface area is 95.1 Å². The molecule has 0 atom stereocenters. The van der Waals surface area contributed by atoms with E-state index in [1.165, 1.54) is 0 Å². The topological polar surface area (TPSA) is 56.2 Å². The van der Waals surface area contributed by atoms with E-state index in [4.69, 9.17) is 4.74 Å². The lowest BCUT2D eigenvalue weighted by Gasteiger charge is -2.06. The molecule has 1 rings (SSSR count). The summed E-state index contributed by atoms with van der Waals surface area (Å²) in [4.78, 5) is 11.8. The van der Waals surface area contributed by atoms with Gasteiger partial charge >= 0.3 is 0 Å². The molecular formula is C11H17N3O2. The molecule has 5 nitrogen and oxygen atoms in total. The first kappa shape index (κ1) is 12.4. The summed E-state index contributed by atoms with van der Waals surface area (Å²) >= 11 is 0. The molecule has 1 N–H and O–H groups in total. The third-order valence-electron chi connectivity index (χ3n) is 2.19. The van der Waals surface area contributed by atoms with E-state index in [0.29, 0.717) is 25.3 Å². The number of carbonyl (C=O) groups excluding carboxylic acids is 1. The van der Waals surface area contributed by atoms with Gasteiger partial charge in [0.15, 0.2) is 0 Å². The van der Waals surface area contributed by atoms with Crippen LogP contribution >= 0.6 is 0 Å². The van der Waals surface area contributed by atoms with Crippen molar-refractivity contribution in [3.63, 3.8) is 0 Å². The molecule has 1 amide bonds. The maximum atomic E-state index is 11.8. The van der Waals surface area contributed by atoms with Gasteiger partial charge < -0.3 is 10.1 Å². The number of nitrogens with one attached hydrogen (secondary N) is 1. The van der Waals surface area contributed by atoms with E-state index in [2.05, 4.69) is 17.0 Å². The third-order valence-corrected chi connectivity index (χ3v) is 2.19. The molecule has 16 heavy (non-hydrogen) atoms. The average Bonchev–Trinajstić information content (AvgIpc) is 2.61. The number of carbonyl (C=O) groups is 1. The Balaban J connectivity index is 2.72. The standard InChI is InChI=1S/C11H17N3O2/c1-4-5-9-8-13-14(2)10(9)11(15)12-6-7-16-3/h4,8H,1,5-7H2,2-3H3,(H,12,15). The number of amides is 1. The van der Waals surface area contributed by atoms with Crippen molar-refractivity contribution in [1.82, 2.24) is 15.1 Å². The maximum absolute atomic E-state index is 11.8. The summed E-state index contributed by atoms with van der Waals surface area (Å²) in [5.41, 5.74) is 1.46. The summed E-state index contributed by atoms with van der Waals surface area (Å²) in [5, 5.41) is 6.83. The summed E-state index contributed by atoms with van der Waals surface area (Å²) in [6, 6.07) is 0. The van der Waals surface area contributed by atoms with Gasteiger partial charge in [-0.25, -0.2) is 0 Å². The second-order valence-corrected chi connectivity index (χ2v) is 3.38. The van der Waals surface area contributed by atoms with Crippen molar-refractivity contribution in [3.8, 4) is 0 Å². The SMILES string of the molecule is C=CCc1cnn(C)c1C(=O)NCCOC. The molecule has 1 aromatic heterocycles. The van der Waals surface area contributed by atoms with Crippen molar-refractivity contribution in [2.24, 2.45) is 7.05 Å². The highest BCUT2D eigenvalue weighted by Gasteiger charge is 2.15. The normalized spacial score (nSPS) is 10.1. The highest BCUT2D eigenvalue weighted by atomic mass is 16.5. The predicted molar refractivity (Wildman–Crippen MR) is 61.3 cm³/mol. The zero-order valence-corrected chi connectivity index (χ0v) is 9.69. The van der Waals surface area contributed by atoms with Gasteiger partial charge in [-0.1, -0.05) is 6.08 Å². The van der Waals surface area contributed by atoms with Gasteiger partial charge in [0, 0.05) is 26.3 Å². The molecule has 0 radical (unpaired) electrons. The van der Waals surface area contributed by atoms with Crippen LogP contribution in [0.1, 0.15) is 16.1 Å². The molecule has 1 heterocycles. The Morgan fingerprint density at radius 3 is 3.12 bits per heavy atom. The molecule has 0 aromatic carbocycles. The van der Waals surface area contributed by atoms with Gasteiger partial charge in [0.05, 0.1) is 12.8 Å². The van der Waals surface area contributed by atoms with Gasteiger partial charge in [-0.2, -0.15) is 5.10 Å². The van der Waals surface area contributed by atoms with Gasteiger partial charge in [0.1, 0.15) is 5.69 Å². The molecule has 0 bridgehead atoms. The number of allylic oxidation sites excluding steroid dienone is 1. The summed E-state index contributed by atoms with van der Waals surface area (Å²) in [6.07, 6.45) is 4.08. The minimum atomic E-state index is -0.131. The summed E-state index contributed by atoms with van der Waals surface area (Å²) < 4.78 is 6.43. The lowest BCUT2D eigenvalue weighted by molar-refractivity contribution is 0.0927. The van der Waals surface area contributed by atoms with Gasteiger partial charge in [-0.3, -0.25) is 9.48 Å². The van der Waals surface area contributed by atoms with E-state index in [-0.39, 0.29) is 5.91 Å². The van der Waals surface area contributed by atoms with E-state index in [1.54, 1.807) is 31.1 Å². The predicted octanol–water partition coefficient (Wildman–Crippen LogP) is 0.525. The largest absolute Gasteiger partial charge is 0.383 e. The van der Waals surface area contributed by atoms with Crippen molar-refractivity contribution >= 4 is 5.91 Å². The molecule has 0 aliphatic rings. The van der Waals surface area contributed by atoms with Crippen LogP contribution in [-0.2, 0) is 18.2 Å². The zero-order valence-electron chi connectivity index (χ0n) is 9.69. The van der Waals surface area contributed by atoms with E-state index < -0.39 is 0 Å². The fourth-order valence-corrected chi connectivity index (χ4v) is 1.43. The maximum Gasteiger partial charge on any atom is 0.269 e. The first-order valence-electron chi connectivity index (χ1n) is 5.09. The summed E-state index contributed by atoms with van der Waals surface area (Å²) in [7, 11) is 3.34. The quantitative estimate of drug-likeness (QED) is 0.565. The second-order valence-electron chi connectivity index (χ2n) is 3.38. The monoisotopic (exact) mass is 223 g/mol. The van der Waals surface area contributed by atoms with Crippen LogP contribution in [0.2, 0.25) is 0 Å². The second kappa shape index (κ2) is 6.07. The van der Waals surface area contributed by atoms with Crippen LogP contribution in [0.25, 0.3) is 0 Å². The zero-order chi connectivity index (χ0) is 12.0. The molecule has 1 aromatic rings. The third kappa shape index (κ3) is 2.93. The van der Waals surface area contributed by atoms with E-state index >= 15 is 0 Å². The van der Waals surface area contributed by atoms with Crippen molar-refractivity contribution in [1.29, 1.82) is 0 Å². The molecule has 0 fully saturated rings. The molecule has 0 saturated heterocycles. The van der Waals surface area contributed by atoms with Gasteiger partial charge in [0.25, 0.3) is 5.91 Å². The Morgan fingerprint density at radius 2 is 2.50 bits per heavy atom. The molecule has 0 aliphatic carbocycles. The molecule has 0 unspecified atom stereocenters. The fourth-order valence-electron chi connectivity index (χ4n) is 1.43. The van der Waals surface area contributed by atoms with E-state index in [0.717, 1.165) is 5.56 Å². The molecule has 0 aliphatic heterocycles. The minimum Gasteiger partial charge on any atom is -0.383 e. The van der Waals surface area contributed by atoms with Gasteiger partial charge in [0.2, 0.25) is 0 Å². The summed E-state index contributed by atoms with van der Waals surface area (Å²) in [6.45, 7) is 4.65. The van der Waals surface area contributed by atoms with E-state index in [1.807, 2.05) is 0 Å². The van der Waals surface area contributed by atoms with Crippen molar-refractivity contribution < 1.29 is 9.53 Å². The number of aryl methyl sites for hydroxylation is 1.